The Morgan fingerprint density at radius 2 is 2.07 bits per heavy atom. The van der Waals surface area contributed by atoms with Crippen LogP contribution >= 0.6 is 27.5 Å². The molecular weight excluding hydrogens is 302 g/mol. The summed E-state index contributed by atoms with van der Waals surface area (Å²) in [7, 11) is -3.50. The molecule has 1 unspecified atom stereocenters. The van der Waals surface area contributed by atoms with Crippen molar-refractivity contribution < 1.29 is 8.42 Å². The second-order valence-corrected chi connectivity index (χ2v) is 6.77. The highest BCUT2D eigenvalue weighted by Gasteiger charge is 2.17. The maximum Gasteiger partial charge on any atom is 0.242 e. The summed E-state index contributed by atoms with van der Waals surface area (Å²) < 4.78 is 25.9. The SMILES string of the molecule is CC(Br)CNS(=O)(=O)c1ccccc1Cl. The number of hydrogen-bond donors (Lipinski definition) is 1. The molecule has 0 aromatic heterocycles. The highest BCUT2D eigenvalue weighted by Crippen LogP contribution is 2.20. The van der Waals surface area contributed by atoms with Gasteiger partial charge >= 0.3 is 0 Å². The van der Waals surface area contributed by atoms with Crippen LogP contribution in [0.5, 0.6) is 0 Å². The molecule has 0 aliphatic rings. The van der Waals surface area contributed by atoms with Gasteiger partial charge in [0, 0.05) is 11.4 Å². The molecule has 0 radical (unpaired) electrons. The Hall–Kier alpha value is -0.100. The van der Waals surface area contributed by atoms with Crippen molar-refractivity contribution in [3.05, 3.63) is 29.3 Å². The molecule has 1 aromatic carbocycles. The minimum Gasteiger partial charge on any atom is -0.210 e. The molecule has 15 heavy (non-hydrogen) atoms. The fourth-order valence-corrected chi connectivity index (χ4v) is 2.99. The molecule has 0 bridgehead atoms. The molecule has 1 rings (SSSR count). The van der Waals surface area contributed by atoms with Gasteiger partial charge in [-0.2, -0.15) is 0 Å². The summed E-state index contributed by atoms with van der Waals surface area (Å²) in [6, 6.07) is 6.35. The molecule has 0 aliphatic carbocycles. The zero-order chi connectivity index (χ0) is 11.5. The van der Waals surface area contributed by atoms with Gasteiger partial charge in [-0.3, -0.25) is 0 Å². The predicted molar refractivity (Wildman–Crippen MR) is 65.0 cm³/mol. The van der Waals surface area contributed by atoms with Gasteiger partial charge in [-0.05, 0) is 12.1 Å². The highest BCUT2D eigenvalue weighted by atomic mass is 79.9. The van der Waals surface area contributed by atoms with Gasteiger partial charge in [0.05, 0.1) is 5.02 Å². The van der Waals surface area contributed by atoms with E-state index in [1.807, 2.05) is 6.92 Å². The molecule has 0 saturated carbocycles. The first kappa shape index (κ1) is 13.0. The monoisotopic (exact) mass is 311 g/mol. The Labute approximate surface area is 103 Å². The smallest absolute Gasteiger partial charge is 0.210 e. The summed E-state index contributed by atoms with van der Waals surface area (Å²) >= 11 is 9.05. The van der Waals surface area contributed by atoms with Crippen molar-refractivity contribution >= 4 is 37.6 Å². The van der Waals surface area contributed by atoms with Crippen LogP contribution in [0.25, 0.3) is 0 Å². The number of halogens is 2. The van der Waals surface area contributed by atoms with Crippen LogP contribution in [0.4, 0.5) is 0 Å². The number of hydrogen-bond acceptors (Lipinski definition) is 2. The lowest BCUT2D eigenvalue weighted by Crippen LogP contribution is -2.28. The van der Waals surface area contributed by atoms with E-state index in [-0.39, 0.29) is 14.7 Å². The van der Waals surface area contributed by atoms with Gasteiger partial charge in [-0.15, -0.1) is 0 Å². The van der Waals surface area contributed by atoms with Crippen LogP contribution in [0.15, 0.2) is 29.2 Å². The number of sulfonamides is 1. The van der Waals surface area contributed by atoms with E-state index < -0.39 is 10.0 Å². The third-order valence-corrected chi connectivity index (χ3v) is 3.93. The Balaban J connectivity index is 2.92. The molecule has 0 amide bonds. The largest absolute Gasteiger partial charge is 0.242 e. The van der Waals surface area contributed by atoms with E-state index in [9.17, 15) is 8.42 Å². The van der Waals surface area contributed by atoms with Crippen LogP contribution < -0.4 is 4.72 Å². The van der Waals surface area contributed by atoms with Gasteiger partial charge in [0.15, 0.2) is 0 Å². The van der Waals surface area contributed by atoms with Crippen LogP contribution in [-0.2, 0) is 10.0 Å². The number of benzene rings is 1. The lowest BCUT2D eigenvalue weighted by Gasteiger charge is -2.08. The summed E-state index contributed by atoms with van der Waals surface area (Å²) in [6.45, 7) is 2.18. The number of rotatable bonds is 4. The van der Waals surface area contributed by atoms with Crippen molar-refractivity contribution in [2.24, 2.45) is 0 Å². The zero-order valence-corrected chi connectivity index (χ0v) is 11.2. The minimum atomic E-state index is -3.50. The molecule has 1 atom stereocenters. The van der Waals surface area contributed by atoms with Gasteiger partial charge < -0.3 is 0 Å². The third-order valence-electron chi connectivity index (χ3n) is 1.68. The number of nitrogens with one attached hydrogen (secondary N) is 1. The third kappa shape index (κ3) is 3.75. The second-order valence-electron chi connectivity index (χ2n) is 3.06. The van der Waals surface area contributed by atoms with E-state index in [0.29, 0.717) is 6.54 Å². The normalized spacial score (nSPS) is 13.8. The Morgan fingerprint density at radius 1 is 1.47 bits per heavy atom. The zero-order valence-electron chi connectivity index (χ0n) is 8.07. The van der Waals surface area contributed by atoms with E-state index in [1.165, 1.54) is 6.07 Å². The maximum atomic E-state index is 11.7. The fourth-order valence-electron chi connectivity index (χ4n) is 0.965. The van der Waals surface area contributed by atoms with E-state index in [0.717, 1.165) is 0 Å². The highest BCUT2D eigenvalue weighted by molar-refractivity contribution is 9.09. The average Bonchev–Trinajstić information content (AvgIpc) is 2.15. The van der Waals surface area contributed by atoms with Crippen molar-refractivity contribution in [3.63, 3.8) is 0 Å². The quantitative estimate of drug-likeness (QED) is 0.868. The van der Waals surface area contributed by atoms with Crippen LogP contribution in [0.3, 0.4) is 0 Å². The molecule has 3 nitrogen and oxygen atoms in total. The summed E-state index contributed by atoms with van der Waals surface area (Å²) in [5.74, 6) is 0. The molecule has 0 aliphatic heterocycles. The van der Waals surface area contributed by atoms with Gasteiger partial charge in [-0.25, -0.2) is 13.1 Å². The van der Waals surface area contributed by atoms with Crippen molar-refractivity contribution in [3.8, 4) is 0 Å². The number of alkyl halides is 1. The molecule has 1 N–H and O–H groups in total. The van der Waals surface area contributed by atoms with Gasteiger partial charge in [-0.1, -0.05) is 46.6 Å². The molecule has 0 fully saturated rings. The van der Waals surface area contributed by atoms with Crippen molar-refractivity contribution in [2.45, 2.75) is 16.6 Å². The molecule has 0 saturated heterocycles. The second kappa shape index (κ2) is 5.30. The van der Waals surface area contributed by atoms with Crippen LogP contribution in [-0.4, -0.2) is 19.8 Å². The summed E-state index contributed by atoms with van der Waals surface area (Å²) in [5, 5.41) is 0.229. The molecule has 0 heterocycles. The van der Waals surface area contributed by atoms with E-state index in [4.69, 9.17) is 11.6 Å². The Bertz CT molecular complexity index is 433. The average molecular weight is 313 g/mol. The standard InChI is InChI=1S/C9H11BrClNO2S/c1-7(10)6-12-15(13,14)9-5-3-2-4-8(9)11/h2-5,7,12H,6H2,1H3. The Morgan fingerprint density at radius 3 is 2.60 bits per heavy atom. The van der Waals surface area contributed by atoms with Gasteiger partial charge in [0.2, 0.25) is 10.0 Å². The predicted octanol–water partition coefficient (Wildman–Crippen LogP) is 2.40. The van der Waals surface area contributed by atoms with E-state index in [1.54, 1.807) is 18.2 Å². The molecular formula is C9H11BrClNO2S. The van der Waals surface area contributed by atoms with Crippen molar-refractivity contribution in [1.29, 1.82) is 0 Å². The van der Waals surface area contributed by atoms with Crippen LogP contribution in [0.1, 0.15) is 6.92 Å². The Kier molecular flexibility index (Phi) is 4.58. The fraction of sp³-hybridized carbons (Fsp3) is 0.333. The topological polar surface area (TPSA) is 46.2 Å². The molecule has 1 aromatic rings. The minimum absolute atomic E-state index is 0.0785. The van der Waals surface area contributed by atoms with E-state index >= 15 is 0 Å². The maximum absolute atomic E-state index is 11.7. The van der Waals surface area contributed by atoms with Gasteiger partial charge in [0.25, 0.3) is 0 Å². The summed E-state index contributed by atoms with van der Waals surface area (Å²) in [4.78, 5) is 0.189. The lowest BCUT2D eigenvalue weighted by atomic mass is 10.4. The molecule has 0 spiro atoms. The lowest BCUT2D eigenvalue weighted by molar-refractivity contribution is 0.582. The first-order valence-electron chi connectivity index (χ1n) is 4.32. The van der Waals surface area contributed by atoms with Gasteiger partial charge in [0.1, 0.15) is 4.90 Å². The summed E-state index contributed by atoms with van der Waals surface area (Å²) in [5.41, 5.74) is 0. The van der Waals surface area contributed by atoms with Crippen LogP contribution in [0, 0.1) is 0 Å². The van der Waals surface area contributed by atoms with Crippen molar-refractivity contribution in [2.75, 3.05) is 6.54 Å². The van der Waals surface area contributed by atoms with Crippen LogP contribution in [0.2, 0.25) is 5.02 Å². The first-order valence-corrected chi connectivity index (χ1v) is 7.09. The molecule has 84 valence electrons. The summed E-state index contributed by atoms with van der Waals surface area (Å²) in [6.07, 6.45) is 0. The van der Waals surface area contributed by atoms with E-state index in [2.05, 4.69) is 20.7 Å². The van der Waals surface area contributed by atoms with Crippen molar-refractivity contribution in [1.82, 2.24) is 4.72 Å². The first-order chi connectivity index (χ1) is 6.93. The molecule has 6 heteroatoms.